The molecule has 73 heavy (non-hydrogen) atoms. The first-order valence-corrected chi connectivity index (χ1v) is 24.5. The summed E-state index contributed by atoms with van der Waals surface area (Å²) in [5.41, 5.74) is 16.2. The Morgan fingerprint density at radius 2 is 0.890 bits per heavy atom. The van der Waals surface area contributed by atoms with E-state index in [2.05, 4.69) is 71.3 Å². The van der Waals surface area contributed by atoms with Crippen molar-refractivity contribution in [3.05, 3.63) is 188 Å². The van der Waals surface area contributed by atoms with Crippen LogP contribution in [-0.2, 0) is 86.4 Å². The van der Waals surface area contributed by atoms with Crippen LogP contribution in [0.5, 0.6) is 0 Å². The van der Waals surface area contributed by atoms with Gasteiger partial charge in [0.25, 0.3) is 0 Å². The number of hydrogen-bond donors (Lipinski definition) is 3. The maximum atomic E-state index is 13.7. The number of alkyl halides is 6. The summed E-state index contributed by atoms with van der Waals surface area (Å²) in [6, 6.07) is 30.5. The van der Waals surface area contributed by atoms with Crippen LogP contribution in [0.2, 0.25) is 0 Å². The average molecular weight is 1010 g/mol. The Balaban J connectivity index is 0.000000214. The second-order valence-corrected chi connectivity index (χ2v) is 18.7. The van der Waals surface area contributed by atoms with Crippen LogP contribution in [0.15, 0.2) is 109 Å². The number of likely N-dealkylation sites (N-methyl/N-ethyl adjacent to an activating group) is 1. The molecular weight excluding hydrogens is 947 g/mol. The van der Waals surface area contributed by atoms with Crippen molar-refractivity contribution in [1.82, 2.24) is 40.0 Å². The lowest BCUT2D eigenvalue weighted by Gasteiger charge is -2.32. The first-order valence-electron chi connectivity index (χ1n) is 24.5. The molecule has 5 N–H and O–H groups in total. The molecule has 0 radical (unpaired) electrons. The van der Waals surface area contributed by atoms with Gasteiger partial charge in [0.15, 0.2) is 0 Å². The van der Waals surface area contributed by atoms with E-state index in [4.69, 9.17) is 11.5 Å². The summed E-state index contributed by atoms with van der Waals surface area (Å²) in [5.74, 6) is -0.275. The Morgan fingerprint density at radius 3 is 1.27 bits per heavy atom. The topological polar surface area (TPSA) is 159 Å². The maximum Gasteiger partial charge on any atom is 0.419 e. The predicted octanol–water partition coefficient (Wildman–Crippen LogP) is 6.95. The molecule has 2 fully saturated rings. The Morgan fingerprint density at radius 1 is 0.521 bits per heavy atom. The van der Waals surface area contributed by atoms with Gasteiger partial charge in [-0.15, -0.1) is 0 Å². The second-order valence-electron chi connectivity index (χ2n) is 18.7. The number of rotatable bonds is 18. The Kier molecular flexibility index (Phi) is 18.8. The van der Waals surface area contributed by atoms with Crippen LogP contribution >= 0.6 is 0 Å². The van der Waals surface area contributed by atoms with Gasteiger partial charge in [-0.25, -0.2) is 19.9 Å². The van der Waals surface area contributed by atoms with Crippen molar-refractivity contribution in [2.45, 2.75) is 76.8 Å². The fraction of sp³-hybridized carbons (Fsp3) is 0.382. The second kappa shape index (κ2) is 25.4. The summed E-state index contributed by atoms with van der Waals surface area (Å²) < 4.78 is 82.1. The zero-order chi connectivity index (χ0) is 52.0. The molecule has 6 aromatic rings. The third-order valence-electron chi connectivity index (χ3n) is 13.1. The summed E-state index contributed by atoms with van der Waals surface area (Å²) in [6.07, 6.45) is -5.79. The Hall–Kier alpha value is -6.60. The normalized spacial score (nSPS) is 14.9. The van der Waals surface area contributed by atoms with Gasteiger partial charge in [0.2, 0.25) is 11.8 Å². The van der Waals surface area contributed by atoms with E-state index < -0.39 is 35.3 Å². The number of benzene rings is 4. The molecule has 2 aliphatic rings. The molecular formula is C55H62F6N10O2. The number of hydrogen-bond acceptors (Lipinski definition) is 10. The summed E-state index contributed by atoms with van der Waals surface area (Å²) in [6.45, 7) is 9.94. The van der Waals surface area contributed by atoms with Gasteiger partial charge < -0.3 is 21.7 Å². The molecule has 0 aliphatic carbocycles. The summed E-state index contributed by atoms with van der Waals surface area (Å²) in [7, 11) is 2.13. The number of nitrogens with two attached hydrogens (primary N) is 2. The molecule has 8 rings (SSSR count). The summed E-state index contributed by atoms with van der Waals surface area (Å²) in [4.78, 5) is 46.6. The number of nitrogens with zero attached hydrogens (tertiary/aromatic N) is 7. The van der Waals surface area contributed by atoms with E-state index in [0.717, 1.165) is 106 Å². The lowest BCUT2D eigenvalue weighted by atomic mass is 9.98. The van der Waals surface area contributed by atoms with Crippen LogP contribution in [0, 0.1) is 0 Å². The minimum Gasteiger partial charge on any atom is -0.369 e. The summed E-state index contributed by atoms with van der Waals surface area (Å²) in [5, 5.41) is 3.34. The van der Waals surface area contributed by atoms with Crippen molar-refractivity contribution in [1.29, 1.82) is 0 Å². The first kappa shape index (κ1) is 54.2. The molecule has 0 unspecified atom stereocenters. The van der Waals surface area contributed by atoms with Gasteiger partial charge in [0.1, 0.15) is 11.6 Å². The molecule has 0 atom stereocenters. The number of carbonyl (C=O) groups excluding carboxylic acids is 2. The number of aromatic nitrogens is 4. The Labute approximate surface area is 422 Å². The van der Waals surface area contributed by atoms with Gasteiger partial charge in [-0.05, 0) is 77.2 Å². The highest BCUT2D eigenvalue weighted by Gasteiger charge is 2.36. The van der Waals surface area contributed by atoms with E-state index in [-0.39, 0.29) is 37.1 Å². The van der Waals surface area contributed by atoms with E-state index >= 15 is 0 Å². The monoisotopic (exact) mass is 1010 g/mol. The van der Waals surface area contributed by atoms with Gasteiger partial charge >= 0.3 is 12.4 Å². The van der Waals surface area contributed by atoms with Crippen molar-refractivity contribution in [2.24, 2.45) is 11.5 Å². The predicted molar refractivity (Wildman–Crippen MR) is 267 cm³/mol. The molecule has 0 spiro atoms. The van der Waals surface area contributed by atoms with Crippen LogP contribution in [0.3, 0.4) is 0 Å². The van der Waals surface area contributed by atoms with Crippen LogP contribution in [0.4, 0.5) is 26.3 Å². The largest absolute Gasteiger partial charge is 0.419 e. The number of piperazine rings is 2. The zero-order valence-electron chi connectivity index (χ0n) is 41.0. The molecule has 12 nitrogen and oxygen atoms in total. The van der Waals surface area contributed by atoms with Crippen molar-refractivity contribution in [3.63, 3.8) is 0 Å². The highest BCUT2D eigenvalue weighted by atomic mass is 19.4. The molecule has 4 aromatic carbocycles. The van der Waals surface area contributed by atoms with E-state index in [9.17, 15) is 35.9 Å². The molecule has 0 saturated carbocycles. The minimum absolute atomic E-state index is 0.0435. The number of carbonyl (C=O) groups is 2. The van der Waals surface area contributed by atoms with Gasteiger partial charge in [0, 0.05) is 90.7 Å². The third-order valence-corrected chi connectivity index (χ3v) is 13.1. The zero-order valence-corrected chi connectivity index (χ0v) is 41.0. The van der Waals surface area contributed by atoms with Crippen LogP contribution < -0.4 is 16.8 Å². The van der Waals surface area contributed by atoms with Gasteiger partial charge in [-0.2, -0.15) is 26.3 Å². The molecule has 18 heteroatoms. The maximum absolute atomic E-state index is 13.7. The van der Waals surface area contributed by atoms with E-state index in [1.807, 2.05) is 24.3 Å². The molecule has 2 aromatic heterocycles. The Bertz CT molecular complexity index is 2760. The number of nitrogens with one attached hydrogen (secondary N) is 1. The molecule has 2 aliphatic heterocycles. The SMILES string of the molecule is CN1CCN(Cc2ccc(Cc3ncc(C(F)(F)F)c(CCc4ccccc4CC(N)=O)n3)cc2)CC1.NC(=O)Cc1ccccc1CCc1nc(Cc2ccc(CN3CCNCC3)cc2)ncc1C(F)(F)F. The number of halogens is 6. The van der Waals surface area contributed by atoms with Crippen molar-refractivity contribution in [2.75, 3.05) is 59.4 Å². The summed E-state index contributed by atoms with van der Waals surface area (Å²) >= 11 is 0. The van der Waals surface area contributed by atoms with Crippen LogP contribution in [-0.4, -0.2) is 106 Å². The van der Waals surface area contributed by atoms with Crippen LogP contribution in [0.1, 0.15) is 78.7 Å². The van der Waals surface area contributed by atoms with Crippen molar-refractivity contribution >= 4 is 11.8 Å². The van der Waals surface area contributed by atoms with E-state index in [1.165, 1.54) is 11.1 Å². The third kappa shape index (κ3) is 16.7. The van der Waals surface area contributed by atoms with Gasteiger partial charge in [0.05, 0.1) is 35.4 Å². The van der Waals surface area contributed by atoms with Crippen LogP contribution in [0.25, 0.3) is 0 Å². The molecule has 4 heterocycles. The van der Waals surface area contributed by atoms with Gasteiger partial charge in [-0.3, -0.25) is 19.4 Å². The fourth-order valence-corrected chi connectivity index (χ4v) is 9.05. The van der Waals surface area contributed by atoms with E-state index in [1.54, 1.807) is 48.5 Å². The van der Waals surface area contributed by atoms with Gasteiger partial charge in [-0.1, -0.05) is 97.1 Å². The first-order chi connectivity index (χ1) is 34.9. The minimum atomic E-state index is -4.55. The average Bonchev–Trinajstić information content (AvgIpc) is 3.35. The number of amides is 2. The quantitative estimate of drug-likeness (QED) is 0.0770. The molecule has 386 valence electrons. The van der Waals surface area contributed by atoms with Crippen molar-refractivity contribution in [3.8, 4) is 0 Å². The fourth-order valence-electron chi connectivity index (χ4n) is 9.05. The smallest absolute Gasteiger partial charge is 0.369 e. The molecule has 2 saturated heterocycles. The molecule has 0 bridgehead atoms. The van der Waals surface area contributed by atoms with Crippen molar-refractivity contribution < 1.29 is 35.9 Å². The molecule has 2 amide bonds. The van der Waals surface area contributed by atoms with E-state index in [0.29, 0.717) is 42.9 Å². The lowest BCUT2D eigenvalue weighted by molar-refractivity contribution is -0.139. The lowest BCUT2D eigenvalue weighted by Crippen LogP contribution is -2.43. The highest BCUT2D eigenvalue weighted by molar-refractivity contribution is 5.77. The standard InChI is InChI=1S/C28H32F3N5O.C27H30F3N5O/c1-35-12-14-36(15-13-35)19-21-8-6-20(7-9-21)16-27-33-18-24(28(29,30)31)25(34-27)11-10-22-4-2-3-5-23(22)17-26(32)37;28-27(29,30)23-17-33-26(15-19-5-7-20(8-6-19)18-35-13-11-32-12-14-35)34-24(23)10-9-21-3-1-2-4-22(21)16-25(31)36/h2-9,18H,10-17,19H2,1H3,(H2,32,37);1-8,17,32H,9-16,18H2,(H2,31,36). The number of primary amides is 2. The highest BCUT2D eigenvalue weighted by Crippen LogP contribution is 2.33. The number of aryl methyl sites for hydroxylation is 4.